The first-order valence-electron chi connectivity index (χ1n) is 6.18. The van der Waals surface area contributed by atoms with Gasteiger partial charge in [-0.15, -0.1) is 0 Å². The van der Waals surface area contributed by atoms with Crippen molar-refractivity contribution in [1.82, 2.24) is 4.98 Å². The summed E-state index contributed by atoms with van der Waals surface area (Å²) in [6.45, 7) is 3.01. The predicted molar refractivity (Wildman–Crippen MR) is 78.2 cm³/mol. The van der Waals surface area contributed by atoms with Gasteiger partial charge in [0.25, 0.3) is 0 Å². The van der Waals surface area contributed by atoms with Gasteiger partial charge in [0.2, 0.25) is 0 Å². The van der Waals surface area contributed by atoms with E-state index >= 15 is 0 Å². The molecule has 0 aliphatic heterocycles. The van der Waals surface area contributed by atoms with Gasteiger partial charge in [-0.25, -0.2) is 0 Å². The molecule has 0 spiro atoms. The molecule has 2 aromatic rings. The van der Waals surface area contributed by atoms with Gasteiger partial charge < -0.3 is 10.2 Å². The largest absolute Gasteiger partial charge is 0.385 e. The number of pyridine rings is 1. The summed E-state index contributed by atoms with van der Waals surface area (Å²) < 4.78 is 0. The van der Waals surface area contributed by atoms with Crippen LogP contribution in [0, 0.1) is 0 Å². The number of anilines is 2. The Morgan fingerprint density at radius 1 is 1.11 bits per heavy atom. The van der Waals surface area contributed by atoms with Crippen LogP contribution in [0.3, 0.4) is 0 Å². The van der Waals surface area contributed by atoms with E-state index in [1.165, 1.54) is 5.69 Å². The van der Waals surface area contributed by atoms with Crippen LogP contribution in [0.5, 0.6) is 0 Å². The predicted octanol–water partition coefficient (Wildman–Crippen LogP) is 3.25. The van der Waals surface area contributed by atoms with Crippen molar-refractivity contribution >= 4 is 11.4 Å². The summed E-state index contributed by atoms with van der Waals surface area (Å²) >= 11 is 0. The van der Waals surface area contributed by atoms with Gasteiger partial charge in [-0.3, -0.25) is 4.98 Å². The number of hydrogen-bond acceptors (Lipinski definition) is 3. The standard InChI is InChI=1S/C15H19N3/c1-4-16-13-9-10-17-15(11-13)12-5-7-14(8-6-12)18(2)3/h5-11H,4H2,1-3H3,(H,16,17). The number of hydrogen-bond donors (Lipinski definition) is 1. The molecule has 2 rings (SSSR count). The topological polar surface area (TPSA) is 28.2 Å². The molecule has 1 heterocycles. The molecule has 0 aliphatic carbocycles. The zero-order valence-corrected chi connectivity index (χ0v) is 11.1. The molecule has 18 heavy (non-hydrogen) atoms. The lowest BCUT2D eigenvalue weighted by Crippen LogP contribution is -2.07. The fourth-order valence-corrected chi connectivity index (χ4v) is 1.83. The van der Waals surface area contributed by atoms with Crippen molar-refractivity contribution in [3.63, 3.8) is 0 Å². The van der Waals surface area contributed by atoms with Crippen molar-refractivity contribution in [2.75, 3.05) is 30.9 Å². The Morgan fingerprint density at radius 2 is 1.83 bits per heavy atom. The molecule has 0 saturated heterocycles. The molecule has 0 unspecified atom stereocenters. The summed E-state index contributed by atoms with van der Waals surface area (Å²) in [4.78, 5) is 6.50. The van der Waals surface area contributed by atoms with E-state index in [0.29, 0.717) is 0 Å². The van der Waals surface area contributed by atoms with Crippen LogP contribution in [-0.2, 0) is 0 Å². The van der Waals surface area contributed by atoms with Crippen molar-refractivity contribution in [2.24, 2.45) is 0 Å². The molecular formula is C15H19N3. The second-order valence-corrected chi connectivity index (χ2v) is 4.40. The molecule has 3 heteroatoms. The van der Waals surface area contributed by atoms with Gasteiger partial charge in [0, 0.05) is 43.8 Å². The number of aromatic nitrogens is 1. The Bertz CT molecular complexity index is 503. The van der Waals surface area contributed by atoms with Crippen molar-refractivity contribution in [3.05, 3.63) is 42.6 Å². The first-order chi connectivity index (χ1) is 8.70. The molecule has 1 N–H and O–H groups in total. The molecule has 94 valence electrons. The molecule has 0 atom stereocenters. The van der Waals surface area contributed by atoms with Crippen LogP contribution in [0.2, 0.25) is 0 Å². The van der Waals surface area contributed by atoms with Crippen LogP contribution in [0.1, 0.15) is 6.92 Å². The van der Waals surface area contributed by atoms with Crippen LogP contribution >= 0.6 is 0 Å². The molecule has 3 nitrogen and oxygen atoms in total. The summed E-state index contributed by atoms with van der Waals surface area (Å²) in [7, 11) is 4.08. The minimum atomic E-state index is 0.920. The first kappa shape index (κ1) is 12.4. The van der Waals surface area contributed by atoms with E-state index in [1.54, 1.807) is 0 Å². The number of rotatable bonds is 4. The Labute approximate surface area is 108 Å². The summed E-state index contributed by atoms with van der Waals surface area (Å²) in [5, 5.41) is 3.30. The van der Waals surface area contributed by atoms with E-state index in [2.05, 4.69) is 52.5 Å². The lowest BCUT2D eigenvalue weighted by atomic mass is 10.1. The number of nitrogens with zero attached hydrogens (tertiary/aromatic N) is 2. The minimum Gasteiger partial charge on any atom is -0.385 e. The van der Waals surface area contributed by atoms with Gasteiger partial charge in [-0.2, -0.15) is 0 Å². The van der Waals surface area contributed by atoms with E-state index in [0.717, 1.165) is 23.5 Å². The maximum atomic E-state index is 4.41. The third kappa shape index (κ3) is 2.80. The molecular weight excluding hydrogens is 222 g/mol. The maximum absolute atomic E-state index is 4.41. The smallest absolute Gasteiger partial charge is 0.0722 e. The molecule has 0 aliphatic rings. The van der Waals surface area contributed by atoms with Crippen LogP contribution < -0.4 is 10.2 Å². The molecule has 0 bridgehead atoms. The molecule has 0 saturated carbocycles. The SMILES string of the molecule is CCNc1ccnc(-c2ccc(N(C)C)cc2)c1. The van der Waals surface area contributed by atoms with Crippen molar-refractivity contribution in [2.45, 2.75) is 6.92 Å². The first-order valence-corrected chi connectivity index (χ1v) is 6.18. The Balaban J connectivity index is 2.27. The van der Waals surface area contributed by atoms with Gasteiger partial charge >= 0.3 is 0 Å². The molecule has 0 amide bonds. The lowest BCUT2D eigenvalue weighted by Gasteiger charge is -2.12. The van der Waals surface area contributed by atoms with E-state index in [9.17, 15) is 0 Å². The zero-order chi connectivity index (χ0) is 13.0. The number of benzene rings is 1. The van der Waals surface area contributed by atoms with Gasteiger partial charge in [-0.05, 0) is 31.2 Å². The minimum absolute atomic E-state index is 0.920. The molecule has 1 aromatic heterocycles. The second kappa shape index (κ2) is 5.54. The van der Waals surface area contributed by atoms with Crippen LogP contribution in [0.15, 0.2) is 42.6 Å². The Hall–Kier alpha value is -2.03. The third-order valence-electron chi connectivity index (χ3n) is 2.82. The van der Waals surface area contributed by atoms with Gasteiger partial charge in [0.05, 0.1) is 5.69 Å². The highest BCUT2D eigenvalue weighted by atomic mass is 15.1. The van der Waals surface area contributed by atoms with E-state index in [4.69, 9.17) is 0 Å². The summed E-state index contributed by atoms with van der Waals surface area (Å²) in [5.74, 6) is 0. The lowest BCUT2D eigenvalue weighted by molar-refractivity contribution is 1.13. The summed E-state index contributed by atoms with van der Waals surface area (Å²) in [5.41, 5.74) is 4.44. The number of nitrogens with one attached hydrogen (secondary N) is 1. The molecule has 0 radical (unpaired) electrons. The Kier molecular flexibility index (Phi) is 3.82. The maximum Gasteiger partial charge on any atom is 0.0722 e. The highest BCUT2D eigenvalue weighted by Crippen LogP contribution is 2.22. The van der Waals surface area contributed by atoms with Crippen LogP contribution in [0.25, 0.3) is 11.3 Å². The molecule has 1 aromatic carbocycles. The van der Waals surface area contributed by atoms with Crippen molar-refractivity contribution in [1.29, 1.82) is 0 Å². The normalized spacial score (nSPS) is 10.2. The second-order valence-electron chi connectivity index (χ2n) is 4.40. The molecule has 0 fully saturated rings. The van der Waals surface area contributed by atoms with E-state index in [-0.39, 0.29) is 0 Å². The van der Waals surface area contributed by atoms with Gasteiger partial charge in [0.1, 0.15) is 0 Å². The van der Waals surface area contributed by atoms with Crippen molar-refractivity contribution < 1.29 is 0 Å². The highest BCUT2D eigenvalue weighted by molar-refractivity contribution is 5.66. The summed E-state index contributed by atoms with van der Waals surface area (Å²) in [6, 6.07) is 12.5. The summed E-state index contributed by atoms with van der Waals surface area (Å²) in [6.07, 6.45) is 1.84. The Morgan fingerprint density at radius 3 is 2.44 bits per heavy atom. The van der Waals surface area contributed by atoms with E-state index in [1.807, 2.05) is 26.4 Å². The van der Waals surface area contributed by atoms with Gasteiger partial charge in [-0.1, -0.05) is 12.1 Å². The third-order valence-corrected chi connectivity index (χ3v) is 2.82. The van der Waals surface area contributed by atoms with Crippen LogP contribution in [-0.4, -0.2) is 25.6 Å². The fraction of sp³-hybridized carbons (Fsp3) is 0.267. The van der Waals surface area contributed by atoms with E-state index < -0.39 is 0 Å². The van der Waals surface area contributed by atoms with Crippen molar-refractivity contribution in [3.8, 4) is 11.3 Å². The highest BCUT2D eigenvalue weighted by Gasteiger charge is 2.01. The fourth-order valence-electron chi connectivity index (χ4n) is 1.83. The van der Waals surface area contributed by atoms with Crippen LogP contribution in [0.4, 0.5) is 11.4 Å². The average molecular weight is 241 g/mol. The quantitative estimate of drug-likeness (QED) is 0.890. The van der Waals surface area contributed by atoms with Gasteiger partial charge in [0.15, 0.2) is 0 Å². The zero-order valence-electron chi connectivity index (χ0n) is 11.1. The average Bonchev–Trinajstić information content (AvgIpc) is 2.39. The monoisotopic (exact) mass is 241 g/mol.